The highest BCUT2D eigenvalue weighted by molar-refractivity contribution is 7.16. The number of amides is 1. The molecule has 0 saturated carbocycles. The fourth-order valence-electron chi connectivity index (χ4n) is 3.63. The Labute approximate surface area is 191 Å². The lowest BCUT2D eigenvalue weighted by Gasteiger charge is -2.10. The van der Waals surface area contributed by atoms with Gasteiger partial charge in [0.25, 0.3) is 5.91 Å². The van der Waals surface area contributed by atoms with E-state index in [0.717, 1.165) is 17.8 Å². The van der Waals surface area contributed by atoms with Crippen LogP contribution in [0, 0.1) is 20.8 Å². The molecular weight excluding hydrogens is 420 g/mol. The van der Waals surface area contributed by atoms with E-state index in [-0.39, 0.29) is 5.91 Å². The maximum Gasteiger partial charge on any atom is 0.267 e. The molecule has 2 aromatic carbocycles. The molecular formula is C25H26N4O2S. The van der Waals surface area contributed by atoms with Crippen molar-refractivity contribution in [3.63, 3.8) is 0 Å². The molecule has 0 bridgehead atoms. The van der Waals surface area contributed by atoms with Crippen LogP contribution >= 0.6 is 11.3 Å². The van der Waals surface area contributed by atoms with Crippen LogP contribution < -0.4 is 10.1 Å². The number of hydrogen-bond donors (Lipinski definition) is 1. The number of aromatic nitrogens is 3. The third-order valence-corrected chi connectivity index (χ3v) is 6.40. The number of hydrogen-bond acceptors (Lipinski definition) is 5. The van der Waals surface area contributed by atoms with Crippen LogP contribution in [0.3, 0.4) is 0 Å². The average Bonchev–Trinajstić information content (AvgIpc) is 3.30. The minimum atomic E-state index is -0.204. The average molecular weight is 447 g/mol. The van der Waals surface area contributed by atoms with Crippen LogP contribution in [0.4, 0.5) is 5.69 Å². The summed E-state index contributed by atoms with van der Waals surface area (Å²) < 4.78 is 7.46. The van der Waals surface area contributed by atoms with Gasteiger partial charge >= 0.3 is 0 Å². The predicted octanol–water partition coefficient (Wildman–Crippen LogP) is 5.50. The maximum absolute atomic E-state index is 13.0. The number of rotatable bonds is 7. The molecule has 4 aromatic rings. The molecule has 0 aliphatic carbocycles. The zero-order valence-corrected chi connectivity index (χ0v) is 19.5. The molecule has 164 valence electrons. The summed E-state index contributed by atoms with van der Waals surface area (Å²) in [7, 11) is 0. The van der Waals surface area contributed by atoms with E-state index in [2.05, 4.69) is 22.4 Å². The first-order valence-corrected chi connectivity index (χ1v) is 11.4. The SMILES string of the molecule is CCOc1ccccc1NC(=O)c1sc(-n2nc(C)c(Cc3ccccc3)c2C)nc1C. The highest BCUT2D eigenvalue weighted by Gasteiger charge is 2.21. The summed E-state index contributed by atoms with van der Waals surface area (Å²) in [6.07, 6.45) is 0.810. The van der Waals surface area contributed by atoms with Gasteiger partial charge in [0.1, 0.15) is 10.6 Å². The molecule has 0 spiro atoms. The highest BCUT2D eigenvalue weighted by atomic mass is 32.1. The van der Waals surface area contributed by atoms with Gasteiger partial charge in [0.05, 0.1) is 23.7 Å². The third kappa shape index (κ3) is 4.43. The highest BCUT2D eigenvalue weighted by Crippen LogP contribution is 2.29. The number of para-hydroxylation sites is 2. The molecule has 0 aliphatic heterocycles. The van der Waals surface area contributed by atoms with Crippen LogP contribution in [0.15, 0.2) is 54.6 Å². The number of carbonyl (C=O) groups excluding carboxylic acids is 1. The number of aryl methyl sites for hydroxylation is 2. The van der Waals surface area contributed by atoms with E-state index in [1.165, 1.54) is 22.5 Å². The van der Waals surface area contributed by atoms with Crippen molar-refractivity contribution < 1.29 is 9.53 Å². The number of carbonyl (C=O) groups is 1. The summed E-state index contributed by atoms with van der Waals surface area (Å²) in [5.74, 6) is 0.444. The van der Waals surface area contributed by atoms with Gasteiger partial charge in [-0.3, -0.25) is 4.79 Å². The van der Waals surface area contributed by atoms with Gasteiger partial charge < -0.3 is 10.1 Å². The molecule has 32 heavy (non-hydrogen) atoms. The second-order valence-electron chi connectivity index (χ2n) is 7.52. The lowest BCUT2D eigenvalue weighted by Crippen LogP contribution is -2.12. The first kappa shape index (κ1) is 21.8. The Balaban J connectivity index is 1.60. The van der Waals surface area contributed by atoms with E-state index in [4.69, 9.17) is 9.84 Å². The van der Waals surface area contributed by atoms with Crippen molar-refractivity contribution in [1.82, 2.24) is 14.8 Å². The van der Waals surface area contributed by atoms with E-state index in [1.807, 2.05) is 74.8 Å². The van der Waals surface area contributed by atoms with Gasteiger partial charge in [0, 0.05) is 17.7 Å². The van der Waals surface area contributed by atoms with E-state index >= 15 is 0 Å². The van der Waals surface area contributed by atoms with Gasteiger partial charge in [-0.1, -0.05) is 53.8 Å². The minimum Gasteiger partial charge on any atom is -0.492 e. The van der Waals surface area contributed by atoms with Crippen molar-refractivity contribution in [2.45, 2.75) is 34.1 Å². The Bertz CT molecular complexity index is 1240. The lowest BCUT2D eigenvalue weighted by atomic mass is 10.0. The predicted molar refractivity (Wildman–Crippen MR) is 128 cm³/mol. The fourth-order valence-corrected chi connectivity index (χ4v) is 4.60. The number of anilines is 1. The lowest BCUT2D eigenvalue weighted by molar-refractivity contribution is 0.102. The fraction of sp³-hybridized carbons (Fsp3) is 0.240. The normalized spacial score (nSPS) is 10.9. The van der Waals surface area contributed by atoms with Crippen molar-refractivity contribution in [2.24, 2.45) is 0 Å². The van der Waals surface area contributed by atoms with Gasteiger partial charge in [-0.05, 0) is 45.4 Å². The maximum atomic E-state index is 13.0. The van der Waals surface area contributed by atoms with Crippen molar-refractivity contribution >= 4 is 22.9 Å². The quantitative estimate of drug-likeness (QED) is 0.407. The zero-order valence-electron chi connectivity index (χ0n) is 18.7. The monoisotopic (exact) mass is 446 g/mol. The molecule has 2 aromatic heterocycles. The van der Waals surface area contributed by atoms with Crippen molar-refractivity contribution in [2.75, 3.05) is 11.9 Å². The van der Waals surface area contributed by atoms with Crippen LogP contribution in [0.2, 0.25) is 0 Å². The third-order valence-electron chi connectivity index (χ3n) is 5.27. The van der Waals surface area contributed by atoms with Gasteiger partial charge in [0.2, 0.25) is 5.13 Å². The van der Waals surface area contributed by atoms with Crippen LogP contribution in [0.5, 0.6) is 5.75 Å². The van der Waals surface area contributed by atoms with E-state index < -0.39 is 0 Å². The molecule has 0 fully saturated rings. The second kappa shape index (κ2) is 9.36. The Kier molecular flexibility index (Phi) is 6.37. The standard InChI is InChI=1S/C25H26N4O2S/c1-5-31-22-14-10-9-13-21(22)27-24(30)23-17(3)26-25(32-23)29-18(4)20(16(2)28-29)15-19-11-7-6-8-12-19/h6-14H,5,15H2,1-4H3,(H,27,30). The Morgan fingerprint density at radius 3 is 2.50 bits per heavy atom. The van der Waals surface area contributed by atoms with Gasteiger partial charge in [-0.2, -0.15) is 5.10 Å². The van der Waals surface area contributed by atoms with Crippen LogP contribution in [-0.4, -0.2) is 27.3 Å². The number of nitrogens with zero attached hydrogens (tertiary/aromatic N) is 3. The van der Waals surface area contributed by atoms with Crippen LogP contribution in [0.1, 0.15) is 44.8 Å². The number of benzene rings is 2. The Hall–Kier alpha value is -3.45. The molecule has 6 nitrogen and oxygen atoms in total. The topological polar surface area (TPSA) is 69.0 Å². The molecule has 0 saturated heterocycles. The Morgan fingerprint density at radius 2 is 1.75 bits per heavy atom. The van der Waals surface area contributed by atoms with Gasteiger partial charge in [-0.15, -0.1) is 0 Å². The molecule has 7 heteroatoms. The summed E-state index contributed by atoms with van der Waals surface area (Å²) in [6.45, 7) is 8.35. The Morgan fingerprint density at radius 1 is 1.03 bits per heavy atom. The number of nitrogens with one attached hydrogen (secondary N) is 1. The first-order chi connectivity index (χ1) is 15.5. The molecule has 1 amide bonds. The molecule has 0 atom stereocenters. The first-order valence-electron chi connectivity index (χ1n) is 10.6. The van der Waals surface area contributed by atoms with E-state index in [1.54, 1.807) is 0 Å². The largest absolute Gasteiger partial charge is 0.492 e. The van der Waals surface area contributed by atoms with Gasteiger partial charge in [0.15, 0.2) is 0 Å². The summed E-state index contributed by atoms with van der Waals surface area (Å²) in [5.41, 5.74) is 5.74. The minimum absolute atomic E-state index is 0.204. The number of thiazole rings is 1. The molecule has 0 aliphatic rings. The van der Waals surface area contributed by atoms with Crippen molar-refractivity contribution in [3.8, 4) is 10.9 Å². The van der Waals surface area contributed by atoms with E-state index in [0.29, 0.717) is 33.7 Å². The molecule has 4 rings (SSSR count). The van der Waals surface area contributed by atoms with Gasteiger partial charge in [-0.25, -0.2) is 9.67 Å². The van der Waals surface area contributed by atoms with Crippen LogP contribution in [-0.2, 0) is 6.42 Å². The molecule has 0 radical (unpaired) electrons. The van der Waals surface area contributed by atoms with Crippen molar-refractivity contribution in [3.05, 3.63) is 87.7 Å². The summed E-state index contributed by atoms with van der Waals surface area (Å²) in [5, 5.41) is 8.37. The number of ether oxygens (including phenoxy) is 1. The summed E-state index contributed by atoms with van der Waals surface area (Å²) >= 11 is 1.34. The summed E-state index contributed by atoms with van der Waals surface area (Å²) in [6, 6.07) is 17.8. The zero-order chi connectivity index (χ0) is 22.7. The second-order valence-corrected chi connectivity index (χ2v) is 8.50. The van der Waals surface area contributed by atoms with Crippen LogP contribution in [0.25, 0.3) is 5.13 Å². The smallest absolute Gasteiger partial charge is 0.267 e. The molecule has 1 N–H and O–H groups in total. The van der Waals surface area contributed by atoms with Crippen molar-refractivity contribution in [1.29, 1.82) is 0 Å². The van der Waals surface area contributed by atoms with E-state index in [9.17, 15) is 4.79 Å². The molecule has 2 heterocycles. The summed E-state index contributed by atoms with van der Waals surface area (Å²) in [4.78, 5) is 18.2. The molecule has 0 unspecified atom stereocenters.